The second kappa shape index (κ2) is 6.91. The highest BCUT2D eigenvalue weighted by atomic mass is 15.0. The summed E-state index contributed by atoms with van der Waals surface area (Å²) in [6.45, 7) is 5.62. The van der Waals surface area contributed by atoms with Crippen molar-refractivity contribution in [3.8, 4) is 0 Å². The van der Waals surface area contributed by atoms with Gasteiger partial charge in [-0.15, -0.1) is 0 Å². The van der Waals surface area contributed by atoms with E-state index in [9.17, 15) is 0 Å². The van der Waals surface area contributed by atoms with Crippen molar-refractivity contribution >= 4 is 0 Å². The fourth-order valence-electron chi connectivity index (χ4n) is 2.87. The average Bonchev–Trinajstić information content (AvgIpc) is 2.41. The maximum atomic E-state index is 3.71. The molecule has 0 aromatic heterocycles. The Bertz CT molecular complexity index is 336. The van der Waals surface area contributed by atoms with E-state index >= 15 is 0 Å². The average molecular weight is 246 g/mol. The monoisotopic (exact) mass is 246 g/mol. The first-order valence-electron chi connectivity index (χ1n) is 7.34. The largest absolute Gasteiger partial charge is 0.310 e. The van der Waals surface area contributed by atoms with Crippen molar-refractivity contribution in [3.05, 3.63) is 35.9 Å². The topological polar surface area (TPSA) is 24.1 Å². The van der Waals surface area contributed by atoms with Crippen molar-refractivity contribution in [3.63, 3.8) is 0 Å². The van der Waals surface area contributed by atoms with Crippen LogP contribution in [0.3, 0.4) is 0 Å². The van der Waals surface area contributed by atoms with Crippen LogP contribution >= 0.6 is 0 Å². The van der Waals surface area contributed by atoms with Gasteiger partial charge in [0.1, 0.15) is 0 Å². The zero-order valence-electron chi connectivity index (χ0n) is 11.7. The van der Waals surface area contributed by atoms with E-state index in [-0.39, 0.29) is 0 Å². The maximum absolute atomic E-state index is 3.71. The summed E-state index contributed by atoms with van der Waals surface area (Å²) in [5, 5.41) is 7.40. The lowest BCUT2D eigenvalue weighted by molar-refractivity contribution is 0.314. The van der Waals surface area contributed by atoms with Crippen LogP contribution in [0.2, 0.25) is 0 Å². The van der Waals surface area contributed by atoms with Gasteiger partial charge in [0.05, 0.1) is 0 Å². The summed E-state index contributed by atoms with van der Waals surface area (Å²) in [6, 6.07) is 12.6. The molecule has 3 atom stereocenters. The summed E-state index contributed by atoms with van der Waals surface area (Å²) in [6.07, 6.45) is 5.14. The highest BCUT2D eigenvalue weighted by Crippen LogP contribution is 2.17. The Labute approximate surface area is 111 Å². The first kappa shape index (κ1) is 13.6. The molecule has 2 nitrogen and oxygen atoms in total. The predicted molar refractivity (Wildman–Crippen MR) is 77.7 cm³/mol. The van der Waals surface area contributed by atoms with E-state index in [0.717, 1.165) is 13.0 Å². The van der Waals surface area contributed by atoms with E-state index < -0.39 is 0 Å². The molecule has 1 aliphatic heterocycles. The van der Waals surface area contributed by atoms with Crippen LogP contribution in [0.15, 0.2) is 30.3 Å². The maximum Gasteiger partial charge on any atom is 0.0318 e. The quantitative estimate of drug-likeness (QED) is 0.833. The lowest BCUT2D eigenvalue weighted by Gasteiger charge is -2.30. The van der Waals surface area contributed by atoms with Gasteiger partial charge in [-0.2, -0.15) is 0 Å². The van der Waals surface area contributed by atoms with Crippen LogP contribution in [0, 0.1) is 0 Å². The molecule has 2 N–H and O–H groups in total. The molecule has 1 aliphatic rings. The van der Waals surface area contributed by atoms with Crippen molar-refractivity contribution in [1.29, 1.82) is 0 Å². The molecule has 2 rings (SSSR count). The summed E-state index contributed by atoms with van der Waals surface area (Å²) in [4.78, 5) is 0. The molecule has 1 aromatic carbocycles. The van der Waals surface area contributed by atoms with Gasteiger partial charge in [-0.3, -0.25) is 0 Å². The zero-order chi connectivity index (χ0) is 12.8. The number of benzene rings is 1. The third-order valence-electron chi connectivity index (χ3n) is 3.93. The predicted octanol–water partition coefficient (Wildman–Crippen LogP) is 3.26. The van der Waals surface area contributed by atoms with Crippen LogP contribution in [-0.4, -0.2) is 18.6 Å². The summed E-state index contributed by atoms with van der Waals surface area (Å²) < 4.78 is 0. The minimum atomic E-state index is 0.491. The van der Waals surface area contributed by atoms with Gasteiger partial charge in [0.25, 0.3) is 0 Å². The number of hydrogen-bond donors (Lipinski definition) is 2. The van der Waals surface area contributed by atoms with Gasteiger partial charge >= 0.3 is 0 Å². The summed E-state index contributed by atoms with van der Waals surface area (Å²) in [5.74, 6) is 0. The van der Waals surface area contributed by atoms with Crippen molar-refractivity contribution < 1.29 is 0 Å². The number of hydrogen-bond acceptors (Lipinski definition) is 2. The molecule has 0 aliphatic carbocycles. The van der Waals surface area contributed by atoms with E-state index in [2.05, 4.69) is 54.8 Å². The van der Waals surface area contributed by atoms with Crippen LogP contribution < -0.4 is 10.6 Å². The Morgan fingerprint density at radius 3 is 2.72 bits per heavy atom. The minimum Gasteiger partial charge on any atom is -0.310 e. The number of rotatable bonds is 5. The van der Waals surface area contributed by atoms with Crippen LogP contribution in [0.1, 0.15) is 51.1 Å². The summed E-state index contributed by atoms with van der Waals surface area (Å²) >= 11 is 0. The van der Waals surface area contributed by atoms with Crippen molar-refractivity contribution in [2.75, 3.05) is 6.54 Å². The summed E-state index contributed by atoms with van der Waals surface area (Å²) in [7, 11) is 0. The first-order valence-corrected chi connectivity index (χ1v) is 7.34. The third kappa shape index (κ3) is 3.82. The number of nitrogens with one attached hydrogen (secondary N) is 2. The molecule has 0 spiro atoms. The Morgan fingerprint density at radius 1 is 1.28 bits per heavy atom. The highest BCUT2D eigenvalue weighted by molar-refractivity contribution is 5.18. The molecule has 0 radical (unpaired) electrons. The van der Waals surface area contributed by atoms with E-state index in [4.69, 9.17) is 0 Å². The van der Waals surface area contributed by atoms with Crippen LogP contribution in [0.25, 0.3) is 0 Å². The van der Waals surface area contributed by atoms with Crippen LogP contribution in [-0.2, 0) is 0 Å². The van der Waals surface area contributed by atoms with Crippen molar-refractivity contribution in [2.24, 2.45) is 0 Å². The molecule has 1 heterocycles. The molecule has 2 heteroatoms. The Balaban J connectivity index is 1.84. The Hall–Kier alpha value is -0.860. The molecule has 0 saturated carbocycles. The molecule has 1 aromatic rings. The SMILES string of the molecule is CCC(NCC1CCCC(C)N1)c1ccccc1. The lowest BCUT2D eigenvalue weighted by Crippen LogP contribution is -2.46. The molecule has 18 heavy (non-hydrogen) atoms. The summed E-state index contributed by atoms with van der Waals surface area (Å²) in [5.41, 5.74) is 1.41. The molecule has 0 bridgehead atoms. The second-order valence-corrected chi connectivity index (χ2v) is 5.48. The molecule has 0 amide bonds. The highest BCUT2D eigenvalue weighted by Gasteiger charge is 2.18. The zero-order valence-corrected chi connectivity index (χ0v) is 11.7. The van der Waals surface area contributed by atoms with Gasteiger partial charge < -0.3 is 10.6 Å². The fourth-order valence-corrected chi connectivity index (χ4v) is 2.87. The van der Waals surface area contributed by atoms with Gasteiger partial charge in [0.2, 0.25) is 0 Å². The molecule has 100 valence electrons. The normalized spacial score (nSPS) is 25.9. The van der Waals surface area contributed by atoms with E-state index in [0.29, 0.717) is 18.1 Å². The van der Waals surface area contributed by atoms with Gasteiger partial charge in [-0.25, -0.2) is 0 Å². The fraction of sp³-hybridized carbons (Fsp3) is 0.625. The number of piperidine rings is 1. The standard InChI is InChI=1S/C16H26N2/c1-3-16(14-9-5-4-6-10-14)17-12-15-11-7-8-13(2)18-15/h4-6,9-10,13,15-18H,3,7-8,11-12H2,1-2H3. The van der Waals surface area contributed by atoms with Gasteiger partial charge in [-0.1, -0.05) is 43.7 Å². The Kier molecular flexibility index (Phi) is 5.21. The molecular formula is C16H26N2. The van der Waals surface area contributed by atoms with Gasteiger partial charge in [-0.05, 0) is 31.7 Å². The smallest absolute Gasteiger partial charge is 0.0318 e. The Morgan fingerprint density at radius 2 is 2.06 bits per heavy atom. The molecule has 1 saturated heterocycles. The molecular weight excluding hydrogens is 220 g/mol. The molecule has 3 unspecified atom stereocenters. The van der Waals surface area contributed by atoms with E-state index in [1.54, 1.807) is 0 Å². The van der Waals surface area contributed by atoms with Gasteiger partial charge in [0, 0.05) is 24.7 Å². The third-order valence-corrected chi connectivity index (χ3v) is 3.93. The van der Waals surface area contributed by atoms with Gasteiger partial charge in [0.15, 0.2) is 0 Å². The van der Waals surface area contributed by atoms with Crippen molar-refractivity contribution in [1.82, 2.24) is 10.6 Å². The van der Waals surface area contributed by atoms with E-state index in [1.807, 2.05) is 0 Å². The van der Waals surface area contributed by atoms with Crippen LogP contribution in [0.4, 0.5) is 0 Å². The van der Waals surface area contributed by atoms with Crippen LogP contribution in [0.5, 0.6) is 0 Å². The van der Waals surface area contributed by atoms with Crippen molar-refractivity contribution in [2.45, 2.75) is 57.7 Å². The second-order valence-electron chi connectivity index (χ2n) is 5.48. The van der Waals surface area contributed by atoms with E-state index in [1.165, 1.54) is 24.8 Å². The first-order chi connectivity index (χ1) is 8.79. The lowest BCUT2D eigenvalue weighted by atomic mass is 9.98. The minimum absolute atomic E-state index is 0.491. The molecule has 1 fully saturated rings.